The maximum Gasteiger partial charge on any atom is 0.231 e. The summed E-state index contributed by atoms with van der Waals surface area (Å²) in [7, 11) is 3.39. The summed E-state index contributed by atoms with van der Waals surface area (Å²) in [6, 6.07) is 11.1. The fourth-order valence-electron chi connectivity index (χ4n) is 1.74. The minimum Gasteiger partial charge on any atom is -0.497 e. The van der Waals surface area contributed by atoms with Gasteiger partial charge in [-0.3, -0.25) is 9.78 Å². The van der Waals surface area contributed by atoms with Gasteiger partial charge in [0, 0.05) is 25.1 Å². The summed E-state index contributed by atoms with van der Waals surface area (Å²) in [5, 5.41) is 0. The molecular weight excluding hydrogens is 240 g/mol. The van der Waals surface area contributed by atoms with Crippen LogP contribution in [0.1, 0.15) is 5.56 Å². The minimum absolute atomic E-state index is 0.0383. The van der Waals surface area contributed by atoms with Gasteiger partial charge in [0.1, 0.15) is 5.75 Å². The number of methoxy groups -OCH3 is 1. The summed E-state index contributed by atoms with van der Waals surface area (Å²) in [5.41, 5.74) is 1.81. The first-order valence-corrected chi connectivity index (χ1v) is 6.00. The van der Waals surface area contributed by atoms with Crippen LogP contribution in [-0.4, -0.2) is 25.0 Å². The Hall–Kier alpha value is -2.36. The average molecular weight is 256 g/mol. The molecule has 0 atom stereocenters. The summed E-state index contributed by atoms with van der Waals surface area (Å²) in [6.07, 6.45) is 3.75. The maximum absolute atomic E-state index is 12.1. The molecule has 0 N–H and O–H groups in total. The third-order valence-corrected chi connectivity index (χ3v) is 2.94. The van der Waals surface area contributed by atoms with E-state index in [-0.39, 0.29) is 5.91 Å². The lowest BCUT2D eigenvalue weighted by Gasteiger charge is -2.17. The minimum atomic E-state index is 0.0383. The van der Waals surface area contributed by atoms with E-state index >= 15 is 0 Å². The molecule has 0 saturated heterocycles. The Labute approximate surface area is 112 Å². The first-order chi connectivity index (χ1) is 9.20. The van der Waals surface area contributed by atoms with Crippen LogP contribution in [0, 0.1) is 0 Å². The summed E-state index contributed by atoms with van der Waals surface area (Å²) >= 11 is 0. The van der Waals surface area contributed by atoms with E-state index in [2.05, 4.69) is 4.98 Å². The second-order valence-corrected chi connectivity index (χ2v) is 4.18. The van der Waals surface area contributed by atoms with Crippen molar-refractivity contribution >= 4 is 11.6 Å². The Morgan fingerprint density at radius 3 is 2.37 bits per heavy atom. The van der Waals surface area contributed by atoms with Gasteiger partial charge in [-0.1, -0.05) is 0 Å². The Kier molecular flexibility index (Phi) is 4.13. The van der Waals surface area contributed by atoms with E-state index in [1.54, 1.807) is 31.5 Å². The maximum atomic E-state index is 12.1. The first-order valence-electron chi connectivity index (χ1n) is 6.00. The highest BCUT2D eigenvalue weighted by Crippen LogP contribution is 2.18. The highest BCUT2D eigenvalue weighted by Gasteiger charge is 2.11. The van der Waals surface area contributed by atoms with E-state index < -0.39 is 0 Å². The molecular formula is C15H16N2O2. The van der Waals surface area contributed by atoms with Crippen molar-refractivity contribution in [2.24, 2.45) is 0 Å². The topological polar surface area (TPSA) is 42.4 Å². The highest BCUT2D eigenvalue weighted by molar-refractivity contribution is 5.94. The molecule has 98 valence electrons. The number of benzene rings is 1. The molecule has 0 spiro atoms. The van der Waals surface area contributed by atoms with Gasteiger partial charge >= 0.3 is 0 Å². The molecule has 1 heterocycles. The highest BCUT2D eigenvalue weighted by atomic mass is 16.5. The number of hydrogen-bond acceptors (Lipinski definition) is 3. The Morgan fingerprint density at radius 2 is 1.79 bits per heavy atom. The molecule has 0 aliphatic carbocycles. The van der Waals surface area contributed by atoms with Crippen LogP contribution in [0.4, 0.5) is 5.69 Å². The monoisotopic (exact) mass is 256 g/mol. The van der Waals surface area contributed by atoms with Gasteiger partial charge in [0.25, 0.3) is 0 Å². The van der Waals surface area contributed by atoms with Crippen LogP contribution in [0.15, 0.2) is 48.8 Å². The van der Waals surface area contributed by atoms with E-state index in [1.165, 1.54) is 0 Å². The fraction of sp³-hybridized carbons (Fsp3) is 0.200. The van der Waals surface area contributed by atoms with Crippen molar-refractivity contribution in [3.63, 3.8) is 0 Å². The quantitative estimate of drug-likeness (QED) is 0.843. The van der Waals surface area contributed by atoms with Crippen LogP contribution in [0.25, 0.3) is 0 Å². The van der Waals surface area contributed by atoms with Crippen molar-refractivity contribution in [3.05, 3.63) is 54.4 Å². The molecule has 0 aliphatic heterocycles. The predicted molar refractivity (Wildman–Crippen MR) is 74.3 cm³/mol. The molecule has 1 amide bonds. The number of carbonyl (C=O) groups is 1. The number of amides is 1. The first kappa shape index (κ1) is 13.1. The summed E-state index contributed by atoms with van der Waals surface area (Å²) in [4.78, 5) is 17.7. The lowest BCUT2D eigenvalue weighted by Crippen LogP contribution is -2.27. The molecule has 1 aromatic carbocycles. The molecule has 1 aromatic heterocycles. The molecule has 0 bridgehead atoms. The normalized spacial score (nSPS) is 10.0. The van der Waals surface area contributed by atoms with Gasteiger partial charge in [-0.15, -0.1) is 0 Å². The lowest BCUT2D eigenvalue weighted by molar-refractivity contribution is -0.117. The molecule has 4 nitrogen and oxygen atoms in total. The van der Waals surface area contributed by atoms with Crippen LogP contribution >= 0.6 is 0 Å². The largest absolute Gasteiger partial charge is 0.497 e. The van der Waals surface area contributed by atoms with E-state index in [0.29, 0.717) is 6.42 Å². The standard InChI is InChI=1S/C15H16N2O2/c1-17(13-3-5-14(19-2)6-4-13)15(18)11-12-7-9-16-10-8-12/h3-10H,11H2,1-2H3. The molecule has 0 unspecified atom stereocenters. The number of hydrogen-bond donors (Lipinski definition) is 0. The molecule has 0 saturated carbocycles. The van der Waals surface area contributed by atoms with Gasteiger partial charge in [0.2, 0.25) is 5.91 Å². The number of pyridine rings is 1. The van der Waals surface area contributed by atoms with Gasteiger partial charge in [-0.2, -0.15) is 0 Å². The lowest BCUT2D eigenvalue weighted by atomic mass is 10.2. The molecule has 19 heavy (non-hydrogen) atoms. The van der Waals surface area contributed by atoms with E-state index in [0.717, 1.165) is 17.0 Å². The molecule has 0 aliphatic rings. The number of rotatable bonds is 4. The number of aromatic nitrogens is 1. The van der Waals surface area contributed by atoms with Crippen LogP contribution in [-0.2, 0) is 11.2 Å². The van der Waals surface area contributed by atoms with Gasteiger partial charge in [-0.05, 0) is 42.0 Å². The summed E-state index contributed by atoms with van der Waals surface area (Å²) in [6.45, 7) is 0. The van der Waals surface area contributed by atoms with E-state index in [9.17, 15) is 4.79 Å². The second kappa shape index (κ2) is 6.00. The van der Waals surface area contributed by atoms with Crippen molar-refractivity contribution < 1.29 is 9.53 Å². The van der Waals surface area contributed by atoms with Crippen LogP contribution < -0.4 is 9.64 Å². The third kappa shape index (κ3) is 3.31. The zero-order valence-corrected chi connectivity index (χ0v) is 11.0. The number of carbonyl (C=O) groups excluding carboxylic acids is 1. The Balaban J connectivity index is 2.06. The van der Waals surface area contributed by atoms with Crippen molar-refractivity contribution in [2.45, 2.75) is 6.42 Å². The number of likely N-dealkylation sites (N-methyl/N-ethyl adjacent to an activating group) is 1. The van der Waals surface area contributed by atoms with Crippen molar-refractivity contribution in [3.8, 4) is 5.75 Å². The van der Waals surface area contributed by atoms with Crippen LogP contribution in [0.2, 0.25) is 0 Å². The zero-order chi connectivity index (χ0) is 13.7. The third-order valence-electron chi connectivity index (χ3n) is 2.94. The Bertz CT molecular complexity index is 538. The van der Waals surface area contributed by atoms with Gasteiger partial charge < -0.3 is 9.64 Å². The van der Waals surface area contributed by atoms with Gasteiger partial charge in [-0.25, -0.2) is 0 Å². The van der Waals surface area contributed by atoms with Crippen molar-refractivity contribution in [2.75, 3.05) is 19.1 Å². The molecule has 0 fully saturated rings. The number of ether oxygens (including phenoxy) is 1. The van der Waals surface area contributed by atoms with Gasteiger partial charge in [0.15, 0.2) is 0 Å². The molecule has 4 heteroatoms. The Morgan fingerprint density at radius 1 is 1.16 bits per heavy atom. The SMILES string of the molecule is COc1ccc(N(C)C(=O)Cc2ccncc2)cc1. The van der Waals surface area contributed by atoms with E-state index in [1.807, 2.05) is 36.4 Å². The number of anilines is 1. The molecule has 2 aromatic rings. The fourth-order valence-corrected chi connectivity index (χ4v) is 1.74. The van der Waals surface area contributed by atoms with Crippen LogP contribution in [0.5, 0.6) is 5.75 Å². The summed E-state index contributed by atoms with van der Waals surface area (Å²) in [5.74, 6) is 0.815. The van der Waals surface area contributed by atoms with Crippen LogP contribution in [0.3, 0.4) is 0 Å². The molecule has 2 rings (SSSR count). The van der Waals surface area contributed by atoms with Crippen molar-refractivity contribution in [1.82, 2.24) is 4.98 Å². The zero-order valence-electron chi connectivity index (χ0n) is 11.0. The number of nitrogens with zero attached hydrogens (tertiary/aromatic N) is 2. The van der Waals surface area contributed by atoms with E-state index in [4.69, 9.17) is 4.74 Å². The second-order valence-electron chi connectivity index (χ2n) is 4.18. The molecule has 0 radical (unpaired) electrons. The predicted octanol–water partition coefficient (Wildman–Crippen LogP) is 2.30. The average Bonchev–Trinajstić information content (AvgIpc) is 2.47. The van der Waals surface area contributed by atoms with Crippen molar-refractivity contribution in [1.29, 1.82) is 0 Å². The summed E-state index contributed by atoms with van der Waals surface area (Å²) < 4.78 is 5.09. The smallest absolute Gasteiger partial charge is 0.231 e. The van der Waals surface area contributed by atoms with Gasteiger partial charge in [0.05, 0.1) is 13.5 Å².